The summed E-state index contributed by atoms with van der Waals surface area (Å²) in [6.07, 6.45) is 2.23. The summed E-state index contributed by atoms with van der Waals surface area (Å²) in [5, 5.41) is 2.73. The fraction of sp³-hybridized carbons (Fsp3) is 0.118. The first kappa shape index (κ1) is 17.7. The van der Waals surface area contributed by atoms with Crippen LogP contribution in [0.2, 0.25) is 0 Å². The van der Waals surface area contributed by atoms with E-state index < -0.39 is 27.1 Å². The van der Waals surface area contributed by atoms with Crippen molar-refractivity contribution < 1.29 is 17.6 Å². The van der Waals surface area contributed by atoms with Crippen molar-refractivity contribution >= 4 is 32.3 Å². The predicted octanol–water partition coefficient (Wildman–Crippen LogP) is 1.58. The molecule has 1 amide bonds. The average Bonchev–Trinajstić information content (AvgIpc) is 2.57. The third-order valence-electron chi connectivity index (χ3n) is 3.65. The van der Waals surface area contributed by atoms with E-state index in [2.05, 4.69) is 10.3 Å². The van der Waals surface area contributed by atoms with Crippen molar-refractivity contribution in [3.63, 3.8) is 0 Å². The van der Waals surface area contributed by atoms with Crippen LogP contribution in [-0.4, -0.2) is 30.1 Å². The van der Waals surface area contributed by atoms with Gasteiger partial charge in [-0.2, -0.15) is 0 Å². The van der Waals surface area contributed by atoms with E-state index in [9.17, 15) is 22.4 Å². The maximum atomic E-state index is 13.2. The molecule has 0 aliphatic carbocycles. The van der Waals surface area contributed by atoms with Crippen LogP contribution >= 0.6 is 0 Å². The third-order valence-corrected chi connectivity index (χ3v) is 4.76. The lowest BCUT2D eigenvalue weighted by Crippen LogP contribution is -2.28. The molecule has 1 heterocycles. The highest BCUT2D eigenvalue weighted by Gasteiger charge is 2.11. The fourth-order valence-corrected chi connectivity index (χ4v) is 3.07. The Morgan fingerprint density at radius 2 is 2.00 bits per heavy atom. The van der Waals surface area contributed by atoms with Gasteiger partial charge in [0.15, 0.2) is 9.84 Å². The lowest BCUT2D eigenvalue weighted by molar-refractivity contribution is -0.116. The SMILES string of the molecule is CS(=O)(=O)c1cccc(NC(=O)Cn2cnc3cc(F)ccc3c2=O)c1. The standard InChI is InChI=1S/C17H14FN3O4S/c1-26(24,25)13-4-2-3-12(8-13)20-16(22)9-21-10-19-15-7-11(18)5-6-14(15)17(21)23/h2-8,10H,9H2,1H3,(H,20,22). The van der Waals surface area contributed by atoms with E-state index in [1.165, 1.54) is 30.3 Å². The predicted molar refractivity (Wildman–Crippen MR) is 94.1 cm³/mol. The summed E-state index contributed by atoms with van der Waals surface area (Å²) in [7, 11) is -3.40. The van der Waals surface area contributed by atoms with Gasteiger partial charge in [-0.1, -0.05) is 6.07 Å². The summed E-state index contributed by atoms with van der Waals surface area (Å²) in [5.74, 6) is -1.04. The molecule has 0 radical (unpaired) electrons. The molecule has 0 atom stereocenters. The molecule has 0 unspecified atom stereocenters. The topological polar surface area (TPSA) is 98.1 Å². The summed E-state index contributed by atoms with van der Waals surface area (Å²) in [5.41, 5.74) is 0.0179. The zero-order chi connectivity index (χ0) is 18.9. The second kappa shape index (κ2) is 6.68. The van der Waals surface area contributed by atoms with Crippen LogP contribution in [0.3, 0.4) is 0 Å². The number of hydrogen-bond acceptors (Lipinski definition) is 5. The molecule has 1 N–H and O–H groups in total. The van der Waals surface area contributed by atoms with E-state index in [4.69, 9.17) is 0 Å². The molecule has 0 spiro atoms. The zero-order valence-electron chi connectivity index (χ0n) is 13.6. The first-order chi connectivity index (χ1) is 12.2. The second-order valence-corrected chi connectivity index (χ2v) is 7.70. The Kier molecular flexibility index (Phi) is 4.56. The molecule has 26 heavy (non-hydrogen) atoms. The minimum Gasteiger partial charge on any atom is -0.324 e. The van der Waals surface area contributed by atoms with Crippen molar-refractivity contribution in [1.29, 1.82) is 0 Å². The minimum atomic E-state index is -3.40. The number of amides is 1. The Morgan fingerprint density at radius 3 is 2.73 bits per heavy atom. The Morgan fingerprint density at radius 1 is 1.23 bits per heavy atom. The molecule has 0 fully saturated rings. The van der Waals surface area contributed by atoms with E-state index >= 15 is 0 Å². The Bertz CT molecular complexity index is 1170. The van der Waals surface area contributed by atoms with Gasteiger partial charge in [0.1, 0.15) is 12.4 Å². The number of rotatable bonds is 4. The number of fused-ring (bicyclic) bond motifs is 1. The number of sulfone groups is 1. The van der Waals surface area contributed by atoms with Gasteiger partial charge in [-0.15, -0.1) is 0 Å². The number of nitrogens with zero attached hydrogens (tertiary/aromatic N) is 2. The van der Waals surface area contributed by atoms with E-state index in [1.807, 2.05) is 0 Å². The maximum absolute atomic E-state index is 13.2. The van der Waals surface area contributed by atoms with E-state index in [0.29, 0.717) is 5.69 Å². The maximum Gasteiger partial charge on any atom is 0.261 e. The summed E-state index contributed by atoms with van der Waals surface area (Å²) >= 11 is 0. The second-order valence-electron chi connectivity index (χ2n) is 5.69. The quantitative estimate of drug-likeness (QED) is 0.747. The van der Waals surface area contributed by atoms with Gasteiger partial charge in [0.25, 0.3) is 5.56 Å². The molecule has 3 rings (SSSR count). The number of anilines is 1. The number of halogens is 1. The Balaban J connectivity index is 1.83. The van der Waals surface area contributed by atoms with Crippen LogP contribution in [0.25, 0.3) is 10.9 Å². The van der Waals surface area contributed by atoms with Crippen LogP contribution in [0, 0.1) is 5.82 Å². The lowest BCUT2D eigenvalue weighted by Gasteiger charge is -2.09. The first-order valence-electron chi connectivity index (χ1n) is 7.49. The van der Waals surface area contributed by atoms with Crippen molar-refractivity contribution in [2.75, 3.05) is 11.6 Å². The summed E-state index contributed by atoms with van der Waals surface area (Å²) < 4.78 is 37.4. The van der Waals surface area contributed by atoms with Gasteiger partial charge in [-0.05, 0) is 30.3 Å². The van der Waals surface area contributed by atoms with E-state index in [-0.39, 0.29) is 22.3 Å². The number of carbonyl (C=O) groups excluding carboxylic acids is 1. The lowest BCUT2D eigenvalue weighted by atomic mass is 10.2. The van der Waals surface area contributed by atoms with Crippen LogP contribution < -0.4 is 10.9 Å². The molecule has 1 aromatic heterocycles. The first-order valence-corrected chi connectivity index (χ1v) is 9.38. The number of aromatic nitrogens is 2. The molecule has 7 nitrogen and oxygen atoms in total. The van der Waals surface area contributed by atoms with Crippen LogP contribution in [0.4, 0.5) is 10.1 Å². The molecule has 0 saturated heterocycles. The van der Waals surface area contributed by atoms with Gasteiger partial charge >= 0.3 is 0 Å². The highest BCUT2D eigenvalue weighted by Crippen LogP contribution is 2.15. The van der Waals surface area contributed by atoms with Crippen LogP contribution in [0.15, 0.2) is 58.5 Å². The summed E-state index contributed by atoms with van der Waals surface area (Å²) in [4.78, 5) is 28.6. The molecular weight excluding hydrogens is 361 g/mol. The number of nitrogens with one attached hydrogen (secondary N) is 1. The Labute approximate surface area is 148 Å². The smallest absolute Gasteiger partial charge is 0.261 e. The van der Waals surface area contributed by atoms with Crippen molar-refractivity contribution in [2.24, 2.45) is 0 Å². The monoisotopic (exact) mass is 375 g/mol. The van der Waals surface area contributed by atoms with Gasteiger partial charge in [-0.25, -0.2) is 17.8 Å². The molecule has 2 aromatic carbocycles. The molecule has 3 aromatic rings. The Hall–Kier alpha value is -3.07. The van der Waals surface area contributed by atoms with Gasteiger partial charge < -0.3 is 5.32 Å². The van der Waals surface area contributed by atoms with Crippen molar-refractivity contribution in [1.82, 2.24) is 9.55 Å². The molecular formula is C17H14FN3O4S. The molecule has 0 bridgehead atoms. The van der Waals surface area contributed by atoms with E-state index in [1.54, 1.807) is 0 Å². The molecule has 0 aliphatic rings. The van der Waals surface area contributed by atoms with Gasteiger partial charge in [0.05, 0.1) is 22.1 Å². The van der Waals surface area contributed by atoms with Gasteiger partial charge in [0, 0.05) is 18.0 Å². The fourth-order valence-electron chi connectivity index (χ4n) is 2.40. The van der Waals surface area contributed by atoms with Crippen molar-refractivity contribution in [3.05, 3.63) is 65.0 Å². The number of carbonyl (C=O) groups is 1. The largest absolute Gasteiger partial charge is 0.324 e. The van der Waals surface area contributed by atoms with E-state index in [0.717, 1.165) is 29.3 Å². The van der Waals surface area contributed by atoms with Crippen molar-refractivity contribution in [2.45, 2.75) is 11.4 Å². The summed E-state index contributed by atoms with van der Waals surface area (Å²) in [6, 6.07) is 9.38. The van der Waals surface area contributed by atoms with Crippen LogP contribution in [0.1, 0.15) is 0 Å². The molecule has 0 aliphatic heterocycles. The van der Waals surface area contributed by atoms with Gasteiger partial charge in [-0.3, -0.25) is 14.2 Å². The highest BCUT2D eigenvalue weighted by atomic mass is 32.2. The molecule has 0 saturated carbocycles. The normalized spacial score (nSPS) is 11.5. The number of benzene rings is 2. The average molecular weight is 375 g/mol. The zero-order valence-corrected chi connectivity index (χ0v) is 14.5. The summed E-state index contributed by atoms with van der Waals surface area (Å²) in [6.45, 7) is -0.317. The minimum absolute atomic E-state index is 0.0712. The highest BCUT2D eigenvalue weighted by molar-refractivity contribution is 7.90. The van der Waals surface area contributed by atoms with Gasteiger partial charge in [0.2, 0.25) is 5.91 Å². The van der Waals surface area contributed by atoms with Crippen LogP contribution in [-0.2, 0) is 21.2 Å². The number of hydrogen-bond donors (Lipinski definition) is 1. The third kappa shape index (κ3) is 3.77. The van der Waals surface area contributed by atoms with Crippen LogP contribution in [0.5, 0.6) is 0 Å². The van der Waals surface area contributed by atoms with Crippen molar-refractivity contribution in [3.8, 4) is 0 Å². The molecule has 134 valence electrons. The molecule has 9 heteroatoms.